The zero-order valence-corrected chi connectivity index (χ0v) is 11.0. The summed E-state index contributed by atoms with van der Waals surface area (Å²) in [5.74, 6) is -1.95. The summed E-state index contributed by atoms with van der Waals surface area (Å²) in [6.07, 6.45) is 1.31. The van der Waals surface area contributed by atoms with Crippen molar-refractivity contribution in [1.29, 1.82) is 0 Å². The Morgan fingerprint density at radius 2 is 2.00 bits per heavy atom. The van der Waals surface area contributed by atoms with Gasteiger partial charge in [0, 0.05) is 24.9 Å². The molecule has 0 aromatic heterocycles. The summed E-state index contributed by atoms with van der Waals surface area (Å²) in [6, 6.07) is 2.86. The van der Waals surface area contributed by atoms with E-state index in [0.29, 0.717) is 32.5 Å². The van der Waals surface area contributed by atoms with E-state index >= 15 is 0 Å². The summed E-state index contributed by atoms with van der Waals surface area (Å²) in [7, 11) is 0. The molecule has 20 heavy (non-hydrogen) atoms. The van der Waals surface area contributed by atoms with Crippen molar-refractivity contribution in [3.05, 3.63) is 29.8 Å². The lowest BCUT2D eigenvalue weighted by Gasteiger charge is -2.39. The van der Waals surface area contributed by atoms with Crippen molar-refractivity contribution >= 4 is 0 Å². The molecule has 4 nitrogen and oxygen atoms in total. The van der Waals surface area contributed by atoms with Gasteiger partial charge in [-0.2, -0.15) is 0 Å². The average molecular weight is 285 g/mol. The Bertz CT molecular complexity index is 491. The topological polar surface area (TPSA) is 53.7 Å². The lowest BCUT2D eigenvalue weighted by Crippen LogP contribution is -2.51. The average Bonchev–Trinajstić information content (AvgIpc) is 2.87. The predicted octanol–water partition coefficient (Wildman–Crippen LogP) is 1.97. The van der Waals surface area contributed by atoms with Gasteiger partial charge in [0.15, 0.2) is 17.4 Å². The molecular weight excluding hydrogens is 268 g/mol. The van der Waals surface area contributed by atoms with Crippen LogP contribution in [-0.2, 0) is 9.47 Å². The lowest BCUT2D eigenvalue weighted by atomic mass is 9.88. The van der Waals surface area contributed by atoms with Crippen molar-refractivity contribution in [2.24, 2.45) is 5.73 Å². The van der Waals surface area contributed by atoms with Crippen molar-refractivity contribution in [2.75, 3.05) is 13.2 Å². The molecule has 2 atom stereocenters. The normalized spacial score (nSPS) is 28.8. The number of benzene rings is 1. The van der Waals surface area contributed by atoms with Gasteiger partial charge in [0.2, 0.25) is 0 Å². The van der Waals surface area contributed by atoms with Gasteiger partial charge in [0.05, 0.1) is 13.2 Å². The molecule has 1 aliphatic carbocycles. The van der Waals surface area contributed by atoms with Crippen LogP contribution in [0.1, 0.15) is 19.3 Å². The van der Waals surface area contributed by atoms with E-state index in [1.54, 1.807) is 0 Å². The van der Waals surface area contributed by atoms with E-state index in [2.05, 4.69) is 0 Å². The van der Waals surface area contributed by atoms with Crippen molar-refractivity contribution in [3.8, 4) is 5.75 Å². The van der Waals surface area contributed by atoms with Gasteiger partial charge in [-0.3, -0.25) is 0 Å². The predicted molar refractivity (Wildman–Crippen MR) is 67.2 cm³/mol. The summed E-state index contributed by atoms with van der Waals surface area (Å²) >= 11 is 0. The summed E-state index contributed by atoms with van der Waals surface area (Å²) in [4.78, 5) is 0. The maximum Gasteiger partial charge on any atom is 0.172 e. The molecule has 2 aliphatic rings. The van der Waals surface area contributed by atoms with Crippen LogP contribution in [0.3, 0.4) is 0 Å². The molecule has 6 heteroatoms. The van der Waals surface area contributed by atoms with Crippen LogP contribution in [0.25, 0.3) is 0 Å². The van der Waals surface area contributed by atoms with Gasteiger partial charge in [-0.15, -0.1) is 0 Å². The Morgan fingerprint density at radius 1 is 1.25 bits per heavy atom. The van der Waals surface area contributed by atoms with Gasteiger partial charge in [0.1, 0.15) is 11.9 Å². The van der Waals surface area contributed by atoms with Crippen molar-refractivity contribution in [3.63, 3.8) is 0 Å². The monoisotopic (exact) mass is 285 g/mol. The van der Waals surface area contributed by atoms with E-state index in [-0.39, 0.29) is 11.8 Å². The zero-order valence-electron chi connectivity index (χ0n) is 11.0. The van der Waals surface area contributed by atoms with Crippen molar-refractivity contribution < 1.29 is 23.0 Å². The number of halogens is 2. The molecule has 0 bridgehead atoms. The van der Waals surface area contributed by atoms with Crippen LogP contribution < -0.4 is 10.5 Å². The minimum absolute atomic E-state index is 0.125. The van der Waals surface area contributed by atoms with E-state index in [1.807, 2.05) is 0 Å². The van der Waals surface area contributed by atoms with Crippen molar-refractivity contribution in [2.45, 2.75) is 37.2 Å². The highest BCUT2D eigenvalue weighted by Crippen LogP contribution is 2.37. The fourth-order valence-electron chi connectivity index (χ4n) is 2.75. The number of hydrogen-bond acceptors (Lipinski definition) is 4. The van der Waals surface area contributed by atoms with Gasteiger partial charge in [0.25, 0.3) is 0 Å². The molecule has 2 unspecified atom stereocenters. The first kappa shape index (κ1) is 13.7. The molecule has 1 aliphatic heterocycles. The number of ether oxygens (including phenoxy) is 3. The second kappa shape index (κ2) is 5.27. The van der Waals surface area contributed by atoms with Gasteiger partial charge in [-0.1, -0.05) is 0 Å². The molecule has 1 saturated carbocycles. The minimum Gasteiger partial charge on any atom is -0.485 e. The van der Waals surface area contributed by atoms with E-state index in [1.165, 1.54) is 0 Å². The van der Waals surface area contributed by atoms with Crippen LogP contribution >= 0.6 is 0 Å². The Balaban J connectivity index is 1.76. The third kappa shape index (κ3) is 2.63. The van der Waals surface area contributed by atoms with Gasteiger partial charge < -0.3 is 19.9 Å². The molecule has 3 rings (SSSR count). The second-order valence-corrected chi connectivity index (χ2v) is 5.25. The first-order valence-electron chi connectivity index (χ1n) is 6.73. The van der Waals surface area contributed by atoms with Crippen LogP contribution in [0.4, 0.5) is 8.78 Å². The highest BCUT2D eigenvalue weighted by atomic mass is 19.1. The fourth-order valence-corrected chi connectivity index (χ4v) is 2.75. The molecule has 1 spiro atoms. The summed E-state index contributed by atoms with van der Waals surface area (Å²) < 4.78 is 43.6. The molecule has 2 N–H and O–H groups in total. The standard InChI is InChI=1S/C14H17F2NO3/c15-9-1-2-10(16)12(7-9)20-13-8-14(4-3-11(13)17)18-5-6-19-14/h1-2,7,11,13H,3-6,8,17H2. The van der Waals surface area contributed by atoms with Crippen LogP contribution in [0.15, 0.2) is 18.2 Å². The molecule has 2 fully saturated rings. The first-order valence-corrected chi connectivity index (χ1v) is 6.73. The third-order valence-electron chi connectivity index (χ3n) is 3.83. The number of nitrogens with two attached hydrogens (primary N) is 1. The smallest absolute Gasteiger partial charge is 0.172 e. The van der Waals surface area contributed by atoms with E-state index in [4.69, 9.17) is 19.9 Å². The minimum atomic E-state index is -0.676. The lowest BCUT2D eigenvalue weighted by molar-refractivity contribution is -0.195. The second-order valence-electron chi connectivity index (χ2n) is 5.25. The van der Waals surface area contributed by atoms with Gasteiger partial charge >= 0.3 is 0 Å². The maximum absolute atomic E-state index is 13.6. The van der Waals surface area contributed by atoms with Crippen molar-refractivity contribution in [1.82, 2.24) is 0 Å². The highest BCUT2D eigenvalue weighted by Gasteiger charge is 2.45. The Kier molecular flexibility index (Phi) is 3.62. The van der Waals surface area contributed by atoms with Gasteiger partial charge in [-0.05, 0) is 18.6 Å². The van der Waals surface area contributed by atoms with Crippen LogP contribution in [0, 0.1) is 11.6 Å². The SMILES string of the molecule is NC1CCC2(CC1Oc1cc(F)ccc1F)OCCO2. The maximum atomic E-state index is 13.6. The molecule has 1 saturated heterocycles. The first-order chi connectivity index (χ1) is 9.58. The Morgan fingerprint density at radius 3 is 2.75 bits per heavy atom. The summed E-state index contributed by atoms with van der Waals surface area (Å²) in [5, 5.41) is 0. The fraction of sp³-hybridized carbons (Fsp3) is 0.571. The molecular formula is C14H17F2NO3. The van der Waals surface area contributed by atoms with Crippen LogP contribution in [0.5, 0.6) is 5.75 Å². The molecule has 1 aromatic rings. The summed E-state index contributed by atoms with van der Waals surface area (Å²) in [6.45, 7) is 1.08. The van der Waals surface area contributed by atoms with E-state index in [0.717, 1.165) is 18.2 Å². The molecule has 110 valence electrons. The number of rotatable bonds is 2. The molecule has 1 heterocycles. The van der Waals surface area contributed by atoms with Crippen LogP contribution in [-0.4, -0.2) is 31.1 Å². The highest BCUT2D eigenvalue weighted by molar-refractivity contribution is 5.25. The third-order valence-corrected chi connectivity index (χ3v) is 3.83. The quantitative estimate of drug-likeness (QED) is 0.902. The van der Waals surface area contributed by atoms with E-state index in [9.17, 15) is 8.78 Å². The Hall–Kier alpha value is -1.24. The molecule has 0 radical (unpaired) electrons. The van der Waals surface area contributed by atoms with Gasteiger partial charge in [-0.25, -0.2) is 8.78 Å². The zero-order chi connectivity index (χ0) is 14.2. The van der Waals surface area contributed by atoms with E-state index < -0.39 is 23.5 Å². The number of hydrogen-bond donors (Lipinski definition) is 1. The molecule has 1 aromatic carbocycles. The Labute approximate surface area is 115 Å². The summed E-state index contributed by atoms with van der Waals surface area (Å²) in [5.41, 5.74) is 6.01. The largest absolute Gasteiger partial charge is 0.485 e. The van der Waals surface area contributed by atoms with Crippen LogP contribution in [0.2, 0.25) is 0 Å². The molecule has 0 amide bonds.